The van der Waals surface area contributed by atoms with Crippen molar-refractivity contribution in [2.45, 2.75) is 97.4 Å². The van der Waals surface area contributed by atoms with E-state index in [0.29, 0.717) is 25.1 Å². The lowest BCUT2D eigenvalue weighted by molar-refractivity contribution is -0.142. The smallest absolute Gasteiger partial charge is 0.408 e. The second-order valence-corrected chi connectivity index (χ2v) is 10.9. The van der Waals surface area contributed by atoms with E-state index < -0.39 is 29.7 Å². The number of rotatable bonds is 14. The summed E-state index contributed by atoms with van der Waals surface area (Å²) in [6.45, 7) is 9.61. The zero-order chi connectivity index (χ0) is 28.8. The van der Waals surface area contributed by atoms with Crippen LogP contribution in [0.3, 0.4) is 0 Å². The highest BCUT2D eigenvalue weighted by Gasteiger charge is 2.34. The van der Waals surface area contributed by atoms with Crippen molar-refractivity contribution in [3.8, 4) is 5.75 Å². The van der Waals surface area contributed by atoms with Crippen molar-refractivity contribution in [1.82, 2.24) is 15.5 Å². The quantitative estimate of drug-likeness (QED) is 0.261. The van der Waals surface area contributed by atoms with Gasteiger partial charge in [-0.1, -0.05) is 81.5 Å². The third-order valence-corrected chi connectivity index (χ3v) is 6.19. The normalized spacial score (nSPS) is 12.7. The Morgan fingerprint density at radius 2 is 1.62 bits per heavy atom. The predicted octanol–water partition coefficient (Wildman–Crippen LogP) is 5.85. The van der Waals surface area contributed by atoms with Gasteiger partial charge in [0.05, 0.1) is 0 Å². The molecule has 39 heavy (non-hydrogen) atoms. The molecule has 0 aromatic heterocycles. The summed E-state index contributed by atoms with van der Waals surface area (Å²) in [5.41, 5.74) is 0.700. The van der Waals surface area contributed by atoms with E-state index in [4.69, 9.17) is 4.74 Å². The highest BCUT2D eigenvalue weighted by atomic mass is 16.6. The number of phenolic OH excluding ortho intramolecular Hbond substituents is 1. The van der Waals surface area contributed by atoms with Crippen LogP contribution < -0.4 is 10.6 Å². The lowest BCUT2D eigenvalue weighted by Gasteiger charge is -2.34. The van der Waals surface area contributed by atoms with Crippen molar-refractivity contribution in [1.29, 1.82) is 0 Å². The molecule has 0 aliphatic carbocycles. The molecule has 214 valence electrons. The predicted molar refractivity (Wildman–Crippen MR) is 153 cm³/mol. The number of amides is 3. The molecule has 2 aromatic rings. The first-order valence-corrected chi connectivity index (χ1v) is 13.9. The first-order valence-electron chi connectivity index (χ1n) is 13.9. The number of nitrogens with one attached hydrogen (secondary N) is 2. The summed E-state index contributed by atoms with van der Waals surface area (Å²) in [5.74, 6) is -0.772. The highest BCUT2D eigenvalue weighted by molar-refractivity contribution is 5.92. The van der Waals surface area contributed by atoms with Crippen LogP contribution in [-0.4, -0.2) is 46.1 Å². The van der Waals surface area contributed by atoms with Gasteiger partial charge in [0, 0.05) is 13.1 Å². The van der Waals surface area contributed by atoms with E-state index >= 15 is 0 Å². The van der Waals surface area contributed by atoms with E-state index in [2.05, 4.69) is 17.6 Å². The van der Waals surface area contributed by atoms with Crippen LogP contribution >= 0.6 is 0 Å². The van der Waals surface area contributed by atoms with Crippen LogP contribution in [0.25, 0.3) is 0 Å². The molecule has 3 N–H and O–H groups in total. The number of nitrogens with zero attached hydrogens (tertiary/aromatic N) is 1. The number of hydrogen-bond donors (Lipinski definition) is 3. The zero-order valence-corrected chi connectivity index (χ0v) is 24.0. The lowest BCUT2D eigenvalue weighted by Crippen LogP contribution is -2.52. The standard InChI is InChI=1S/C31H45N3O5/c1-6-7-8-9-10-14-20-34(29(37)23(2)33-30(38)39-31(3,4)5)27(25-18-15-19-26(35)21-25)28(36)32-22-24-16-12-11-13-17-24/h11-13,15-19,21,23,27,35H,6-10,14,20,22H2,1-5H3,(H,32,36)(H,33,38). The number of alkyl carbamates (subject to hydrolysis) is 1. The molecule has 0 heterocycles. The Kier molecular flexibility index (Phi) is 12.8. The van der Waals surface area contributed by atoms with Crippen molar-refractivity contribution in [2.75, 3.05) is 6.54 Å². The Morgan fingerprint density at radius 3 is 2.26 bits per heavy atom. The van der Waals surface area contributed by atoms with E-state index in [9.17, 15) is 19.5 Å². The molecule has 0 saturated heterocycles. The van der Waals surface area contributed by atoms with Gasteiger partial charge >= 0.3 is 6.09 Å². The summed E-state index contributed by atoms with van der Waals surface area (Å²) in [5, 5.41) is 15.8. The molecule has 8 heteroatoms. The van der Waals surface area contributed by atoms with Crippen molar-refractivity contribution < 1.29 is 24.2 Å². The van der Waals surface area contributed by atoms with Gasteiger partial charge in [-0.2, -0.15) is 0 Å². The van der Waals surface area contributed by atoms with Crippen LogP contribution in [0.5, 0.6) is 5.75 Å². The number of hydrogen-bond acceptors (Lipinski definition) is 5. The number of ether oxygens (including phenoxy) is 1. The van der Waals surface area contributed by atoms with E-state index in [0.717, 1.165) is 37.7 Å². The van der Waals surface area contributed by atoms with Gasteiger partial charge in [0.25, 0.3) is 0 Å². The Bertz CT molecular complexity index is 1050. The molecule has 0 spiro atoms. The average Bonchev–Trinajstić information content (AvgIpc) is 2.87. The molecule has 3 amide bonds. The lowest BCUT2D eigenvalue weighted by atomic mass is 10.0. The molecule has 0 aliphatic heterocycles. The van der Waals surface area contributed by atoms with Crippen LogP contribution in [0, 0.1) is 0 Å². The third kappa shape index (κ3) is 11.4. The minimum absolute atomic E-state index is 0.000234. The van der Waals surface area contributed by atoms with E-state index in [1.807, 2.05) is 30.3 Å². The topological polar surface area (TPSA) is 108 Å². The summed E-state index contributed by atoms with van der Waals surface area (Å²) in [7, 11) is 0. The molecule has 0 bridgehead atoms. The largest absolute Gasteiger partial charge is 0.508 e. The maximum Gasteiger partial charge on any atom is 0.408 e. The molecule has 0 radical (unpaired) electrons. The molecular weight excluding hydrogens is 494 g/mol. The Morgan fingerprint density at radius 1 is 0.949 bits per heavy atom. The number of benzene rings is 2. The van der Waals surface area contributed by atoms with Gasteiger partial charge in [0.1, 0.15) is 23.4 Å². The van der Waals surface area contributed by atoms with Crippen LogP contribution in [0.1, 0.15) is 90.3 Å². The Hall–Kier alpha value is -3.55. The molecule has 2 aromatic carbocycles. The summed E-state index contributed by atoms with van der Waals surface area (Å²) < 4.78 is 5.34. The molecule has 0 saturated carbocycles. The van der Waals surface area contributed by atoms with E-state index in [1.54, 1.807) is 39.8 Å². The molecule has 0 aliphatic rings. The van der Waals surface area contributed by atoms with Crippen LogP contribution in [0.4, 0.5) is 4.79 Å². The van der Waals surface area contributed by atoms with Crippen molar-refractivity contribution in [2.24, 2.45) is 0 Å². The number of phenols is 1. The first-order chi connectivity index (χ1) is 18.5. The van der Waals surface area contributed by atoms with Crippen LogP contribution in [0.15, 0.2) is 54.6 Å². The maximum atomic E-state index is 13.8. The SMILES string of the molecule is CCCCCCCCN(C(=O)C(C)NC(=O)OC(C)(C)C)C(C(=O)NCc1ccccc1)c1cccc(O)c1. The Balaban J connectivity index is 2.32. The fourth-order valence-electron chi connectivity index (χ4n) is 4.27. The molecule has 2 atom stereocenters. The molecule has 8 nitrogen and oxygen atoms in total. The third-order valence-electron chi connectivity index (χ3n) is 6.19. The summed E-state index contributed by atoms with van der Waals surface area (Å²) in [6, 6.07) is 14.0. The summed E-state index contributed by atoms with van der Waals surface area (Å²) in [4.78, 5) is 41.4. The van der Waals surface area contributed by atoms with E-state index in [1.165, 1.54) is 17.0 Å². The number of unbranched alkanes of at least 4 members (excludes halogenated alkanes) is 5. The number of carbonyl (C=O) groups excluding carboxylic acids is 3. The molecule has 2 rings (SSSR count). The zero-order valence-electron chi connectivity index (χ0n) is 24.0. The van der Waals surface area contributed by atoms with Gasteiger partial charge in [-0.05, 0) is 57.4 Å². The van der Waals surface area contributed by atoms with Gasteiger partial charge in [0.2, 0.25) is 11.8 Å². The van der Waals surface area contributed by atoms with Gasteiger partial charge in [-0.3, -0.25) is 9.59 Å². The van der Waals surface area contributed by atoms with Crippen molar-refractivity contribution >= 4 is 17.9 Å². The minimum Gasteiger partial charge on any atom is -0.508 e. The summed E-state index contributed by atoms with van der Waals surface area (Å²) in [6.07, 6.45) is 5.37. The monoisotopic (exact) mass is 539 g/mol. The van der Waals surface area contributed by atoms with Crippen LogP contribution in [0.2, 0.25) is 0 Å². The second kappa shape index (κ2) is 15.8. The first kappa shape index (κ1) is 31.7. The average molecular weight is 540 g/mol. The van der Waals surface area contributed by atoms with Gasteiger partial charge in [0.15, 0.2) is 0 Å². The maximum absolute atomic E-state index is 13.8. The molecule has 2 unspecified atom stereocenters. The van der Waals surface area contributed by atoms with Gasteiger partial charge in [-0.15, -0.1) is 0 Å². The van der Waals surface area contributed by atoms with E-state index in [-0.39, 0.29) is 11.7 Å². The minimum atomic E-state index is -0.994. The Labute approximate surface area is 233 Å². The highest BCUT2D eigenvalue weighted by Crippen LogP contribution is 2.26. The van der Waals surface area contributed by atoms with Crippen molar-refractivity contribution in [3.63, 3.8) is 0 Å². The summed E-state index contributed by atoms with van der Waals surface area (Å²) >= 11 is 0. The van der Waals surface area contributed by atoms with Crippen molar-refractivity contribution in [3.05, 3.63) is 65.7 Å². The van der Waals surface area contributed by atoms with Gasteiger partial charge < -0.3 is 25.4 Å². The van der Waals surface area contributed by atoms with Gasteiger partial charge in [-0.25, -0.2) is 4.79 Å². The van der Waals surface area contributed by atoms with Crippen LogP contribution in [-0.2, 0) is 20.9 Å². The second-order valence-electron chi connectivity index (χ2n) is 10.9. The fourth-order valence-corrected chi connectivity index (χ4v) is 4.27. The fraction of sp³-hybridized carbons (Fsp3) is 0.516. The number of aromatic hydroxyl groups is 1. The number of carbonyl (C=O) groups is 3. The molecular formula is C31H45N3O5. The molecule has 0 fully saturated rings.